The first kappa shape index (κ1) is 12.3. The van der Waals surface area contributed by atoms with E-state index in [1.54, 1.807) is 0 Å². The smallest absolute Gasteiger partial charge is 0.159 e. The number of hydrogen-bond acceptors (Lipinski definition) is 2. The Morgan fingerprint density at radius 3 is 1.98 bits per heavy atom. The van der Waals surface area contributed by atoms with E-state index in [0.29, 0.717) is 0 Å². The van der Waals surface area contributed by atoms with Gasteiger partial charge < -0.3 is 9.32 Å². The Hall–Kier alpha value is -6.90. The lowest BCUT2D eigenvalue weighted by Crippen LogP contribution is -2.16. The fraction of sp³-hybridized carbons (Fsp3) is 0.0909. The summed E-state index contributed by atoms with van der Waals surface area (Å²) in [5.74, 6) is 0. The zero-order valence-electron chi connectivity index (χ0n) is 67.5. The molecular weight excluding hydrogens is 691 g/mol. The van der Waals surface area contributed by atoms with E-state index in [1.807, 2.05) is 0 Å². The van der Waals surface area contributed by atoms with Crippen molar-refractivity contribution in [2.24, 2.45) is 0 Å². The molecule has 0 N–H and O–H groups in total. The Kier molecular flexibility index (Phi) is 2.83. The maximum absolute atomic E-state index is 10.4. The van der Waals surface area contributed by atoms with Crippen molar-refractivity contribution >= 4 is 55.3 Å². The highest BCUT2D eigenvalue weighted by Gasteiger charge is 2.36. The van der Waals surface area contributed by atoms with Crippen LogP contribution >= 0.6 is 0 Å². The van der Waals surface area contributed by atoms with Crippen LogP contribution in [0.1, 0.15) is 96.6 Å². The van der Waals surface area contributed by atoms with Crippen LogP contribution in [0.25, 0.3) is 71.7 Å². The van der Waals surface area contributed by atoms with Crippen LogP contribution in [-0.2, 0) is 5.41 Å². The number of allylic oxidation sites excluding steroid dienone is 4. The van der Waals surface area contributed by atoms with Gasteiger partial charge in [0, 0.05) is 43.9 Å². The number of fused-ring (bicyclic) bond motifs is 8. The summed E-state index contributed by atoms with van der Waals surface area (Å²) < 4.78 is 366. The predicted molar refractivity (Wildman–Crippen MR) is 241 cm³/mol. The van der Waals surface area contributed by atoms with Crippen LogP contribution in [0.2, 0.25) is 0 Å². The molecule has 2 unspecified atom stereocenters. The van der Waals surface area contributed by atoms with Crippen LogP contribution in [0.15, 0.2) is 192 Å². The van der Waals surface area contributed by atoms with Gasteiger partial charge in [0.1, 0.15) is 5.58 Å². The molecule has 1 heterocycles. The number of anilines is 3. The number of benzene rings is 8. The van der Waals surface area contributed by atoms with Gasteiger partial charge in [-0.3, -0.25) is 0 Å². The standard InChI is InChI=1S/C55H41NO/c1-55(2)50-27-15-14-24-44(50)45-30-29-41(34-51(45)55)56(42-32-39(36-17-6-3-7-18-36)31-40(33-42)37-19-8-4-9-20-37)52-28-16-26-47-49-35-48(38-21-10-5-11-22-38)43-23-12-13-25-46(43)53(49)57-54(47)52/h3-10,12-21,23-35H,11,22H2,1-2H3/i1D3,2D3,3D,4D,5D,6D,7D,8D,9D,10D,11D,12D,13D,14D,15D,16D,17D,18D,19D,20D,21D,22D,23D,24D,25D,26D,27D,28D,29D,30D,31D,32D,33D,34D,35D. The summed E-state index contributed by atoms with van der Waals surface area (Å²) in [4.78, 5) is 0.141. The summed E-state index contributed by atoms with van der Waals surface area (Å²) in [5, 5.41) is -3.41. The highest BCUT2D eigenvalue weighted by molar-refractivity contribution is 6.20. The summed E-state index contributed by atoms with van der Waals surface area (Å²) in [6.45, 7) is -8.33. The van der Waals surface area contributed by atoms with Crippen LogP contribution in [0.3, 0.4) is 0 Å². The molecule has 11 rings (SSSR count). The molecule has 9 aromatic rings. The average molecular weight is 771 g/mol. The largest absolute Gasteiger partial charge is 0.453 e. The molecule has 8 aromatic carbocycles. The highest BCUT2D eigenvalue weighted by Crippen LogP contribution is 2.52. The van der Waals surface area contributed by atoms with E-state index >= 15 is 0 Å². The molecule has 2 nitrogen and oxygen atoms in total. The molecule has 0 radical (unpaired) electrons. The Morgan fingerprint density at radius 1 is 0.544 bits per heavy atom. The molecule has 1 aromatic heterocycles. The topological polar surface area (TPSA) is 16.4 Å². The molecule has 0 bridgehead atoms. The van der Waals surface area contributed by atoms with E-state index in [-0.39, 0.29) is 4.90 Å². The van der Waals surface area contributed by atoms with Crippen molar-refractivity contribution in [3.63, 3.8) is 0 Å². The lowest BCUT2D eigenvalue weighted by molar-refractivity contribution is 0.660. The van der Waals surface area contributed by atoms with Crippen LogP contribution in [0.5, 0.6) is 0 Å². The lowest BCUT2D eigenvalue weighted by atomic mass is 9.82. The third kappa shape index (κ3) is 5.39. The minimum atomic E-state index is -4.17. The van der Waals surface area contributed by atoms with Gasteiger partial charge in [0.05, 0.1) is 48.2 Å². The van der Waals surface area contributed by atoms with Crippen molar-refractivity contribution in [1.82, 2.24) is 0 Å². The number of rotatable bonds is 6. The molecule has 2 aliphatic rings. The van der Waals surface area contributed by atoms with E-state index < -0.39 is 325 Å². The van der Waals surface area contributed by atoms with Gasteiger partial charge in [-0.1, -0.05) is 159 Å². The quantitative estimate of drug-likeness (QED) is 0.167. The maximum Gasteiger partial charge on any atom is 0.159 e. The average Bonchev–Trinajstić information content (AvgIpc) is 1.48. The van der Waals surface area contributed by atoms with Crippen molar-refractivity contribution < 1.29 is 57.9 Å². The summed E-state index contributed by atoms with van der Waals surface area (Å²) in [6.07, 6.45) is -4.12. The molecule has 0 fully saturated rings. The molecule has 0 saturated carbocycles. The van der Waals surface area contributed by atoms with Crippen molar-refractivity contribution in [3.8, 4) is 33.4 Å². The zero-order valence-corrected chi connectivity index (χ0v) is 28.5. The summed E-state index contributed by atoms with van der Waals surface area (Å²) in [5.41, 5.74) is -21.7. The number of furan rings is 1. The maximum atomic E-state index is 10.4. The minimum absolute atomic E-state index is 0.141. The van der Waals surface area contributed by atoms with Crippen molar-refractivity contribution in [2.75, 3.05) is 4.90 Å². The highest BCUT2D eigenvalue weighted by atomic mass is 16.3. The third-order valence-electron chi connectivity index (χ3n) is 9.17. The lowest BCUT2D eigenvalue weighted by Gasteiger charge is -2.29. The van der Waals surface area contributed by atoms with Crippen LogP contribution in [-0.4, -0.2) is 0 Å². The van der Waals surface area contributed by atoms with E-state index in [1.165, 1.54) is 0 Å². The van der Waals surface area contributed by atoms with E-state index in [4.69, 9.17) is 35.9 Å². The van der Waals surface area contributed by atoms with Crippen molar-refractivity contribution in [3.05, 3.63) is 204 Å². The molecule has 57 heavy (non-hydrogen) atoms. The van der Waals surface area contributed by atoms with Crippen LogP contribution in [0.4, 0.5) is 17.1 Å². The molecule has 2 heteroatoms. The molecule has 2 atom stereocenters. The first-order chi connectivity index (χ1) is 44.3. The summed E-state index contributed by atoms with van der Waals surface area (Å²) in [6, 6.07) is -38.0. The molecule has 2 aliphatic carbocycles. The van der Waals surface area contributed by atoms with Gasteiger partial charge in [0.25, 0.3) is 0 Å². The van der Waals surface area contributed by atoms with Crippen molar-refractivity contribution in [1.29, 1.82) is 0 Å². The molecule has 0 saturated heterocycles. The number of para-hydroxylation sites is 1. The molecular formula is C55H41NO. The molecule has 0 aliphatic heterocycles. The number of nitrogens with zero attached hydrogens (tertiary/aromatic N) is 1. The SMILES string of the molecule is [2H]C1=C([2H])C([2H])C([2H])C(c2c([2H])c3c(oc4c(N(c5c([2H])c(-c6c([2H])c([2H])c([2H])c([2H])c6[2H])c([2H])c(-c6c([2H])c([2H])c([2H])c([2H])c6[2H])c5[2H])c5c([2H])c([2H])c6c(c5[2H])C(C([2H])([2H])[2H])(C([2H])([2H])[2H])c5c([2H])c([2H])c([2H])c([2H])c5-6)c([2H])c([2H])c([2H])c43)c3c([2H])c([2H])c([2H])c([2H])c23)=C1[2H]. The first-order valence-electron chi connectivity index (χ1n) is 36.4. The molecule has 0 spiro atoms. The predicted octanol–water partition coefficient (Wildman–Crippen LogP) is 15.6. The Morgan fingerprint density at radius 2 is 1.21 bits per heavy atom. The van der Waals surface area contributed by atoms with Crippen LogP contribution < -0.4 is 4.90 Å². The van der Waals surface area contributed by atoms with Gasteiger partial charge in [-0.15, -0.1) is 0 Å². The minimum Gasteiger partial charge on any atom is -0.453 e. The second kappa shape index (κ2) is 13.1. The summed E-state index contributed by atoms with van der Waals surface area (Å²) >= 11 is 0. The zero-order chi connectivity index (χ0) is 71.8. The van der Waals surface area contributed by atoms with Gasteiger partial charge in [-0.25, -0.2) is 0 Å². The number of hydrogen-bond donors (Lipinski definition) is 0. The summed E-state index contributed by atoms with van der Waals surface area (Å²) in [7, 11) is 0. The fourth-order valence-corrected chi connectivity index (χ4v) is 6.68. The van der Waals surface area contributed by atoms with Gasteiger partial charge >= 0.3 is 0 Å². The van der Waals surface area contributed by atoms with E-state index in [9.17, 15) is 21.9 Å². The van der Waals surface area contributed by atoms with Gasteiger partial charge in [-0.2, -0.15) is 0 Å². The molecule has 272 valence electrons. The van der Waals surface area contributed by atoms with E-state index in [2.05, 4.69) is 0 Å². The second-order valence-electron chi connectivity index (χ2n) is 12.4. The monoisotopic (exact) mass is 771 g/mol. The normalized spacial score (nSPS) is 27.4. The molecule has 0 amide bonds. The Labute approximate surface area is 388 Å². The third-order valence-corrected chi connectivity index (χ3v) is 9.17. The fourth-order valence-electron chi connectivity index (χ4n) is 6.68. The Balaban J connectivity index is 1.50. The van der Waals surface area contributed by atoms with Gasteiger partial charge in [0.15, 0.2) is 5.58 Å². The van der Waals surface area contributed by atoms with Gasteiger partial charge in [0.2, 0.25) is 0 Å². The van der Waals surface area contributed by atoms with E-state index in [0.717, 1.165) is 0 Å². The second-order valence-corrected chi connectivity index (χ2v) is 12.4. The first-order valence-corrected chi connectivity index (χ1v) is 16.7. The van der Waals surface area contributed by atoms with Gasteiger partial charge in [-0.05, 0) is 116 Å². The Bertz CT molecular complexity index is 5040. The van der Waals surface area contributed by atoms with Crippen LogP contribution in [0, 0.1) is 0 Å². The van der Waals surface area contributed by atoms with Crippen molar-refractivity contribution in [2.45, 2.75) is 31.9 Å².